The Balaban J connectivity index is 1.50. The number of imidazole rings is 1. The number of nitrogens with one attached hydrogen (secondary N) is 1. The molecule has 30 heavy (non-hydrogen) atoms. The molecule has 3 heterocycles. The van der Waals surface area contributed by atoms with Gasteiger partial charge in [0.2, 0.25) is 0 Å². The van der Waals surface area contributed by atoms with Gasteiger partial charge in [-0.25, -0.2) is 9.78 Å². The van der Waals surface area contributed by atoms with Crippen LogP contribution in [-0.2, 0) is 11.3 Å². The van der Waals surface area contributed by atoms with Gasteiger partial charge >= 0.3 is 6.09 Å². The molecule has 4 aromatic rings. The summed E-state index contributed by atoms with van der Waals surface area (Å²) >= 11 is 0. The van der Waals surface area contributed by atoms with E-state index in [4.69, 9.17) is 4.74 Å². The number of nitrogens with zero attached hydrogens (tertiary/aromatic N) is 3. The van der Waals surface area contributed by atoms with Crippen molar-refractivity contribution in [2.24, 2.45) is 0 Å². The third kappa shape index (κ3) is 4.49. The maximum Gasteiger partial charge on any atom is 0.407 e. The Bertz CT molecular complexity index is 1160. The van der Waals surface area contributed by atoms with Gasteiger partial charge < -0.3 is 10.1 Å². The van der Waals surface area contributed by atoms with E-state index in [1.165, 1.54) is 0 Å². The van der Waals surface area contributed by atoms with Crippen LogP contribution in [0.25, 0.3) is 28.0 Å². The van der Waals surface area contributed by atoms with Crippen molar-refractivity contribution in [1.29, 1.82) is 0 Å². The number of hydrogen-bond acceptors (Lipinski definition) is 4. The van der Waals surface area contributed by atoms with Crippen LogP contribution < -0.4 is 5.32 Å². The molecule has 0 saturated carbocycles. The number of aromatic nitrogens is 3. The quantitative estimate of drug-likeness (QED) is 0.518. The Hall–Kier alpha value is -3.67. The molecule has 0 atom stereocenters. The van der Waals surface area contributed by atoms with E-state index in [-0.39, 0.29) is 0 Å². The van der Waals surface area contributed by atoms with Crippen molar-refractivity contribution < 1.29 is 9.53 Å². The molecule has 1 N–H and O–H groups in total. The first-order chi connectivity index (χ1) is 14.4. The second-order valence-corrected chi connectivity index (χ2v) is 8.08. The molecular formula is C24H24N4O2. The number of benzene rings is 1. The second kappa shape index (κ2) is 7.99. The van der Waals surface area contributed by atoms with Crippen molar-refractivity contribution in [3.05, 3.63) is 78.9 Å². The molecule has 1 amide bonds. The summed E-state index contributed by atoms with van der Waals surface area (Å²) < 4.78 is 7.33. The predicted octanol–water partition coefficient (Wildman–Crippen LogP) is 5.09. The molecule has 0 radical (unpaired) electrons. The van der Waals surface area contributed by atoms with Gasteiger partial charge in [0.05, 0.1) is 11.9 Å². The fourth-order valence-electron chi connectivity index (χ4n) is 3.20. The van der Waals surface area contributed by atoms with E-state index in [2.05, 4.69) is 31.8 Å². The van der Waals surface area contributed by atoms with Gasteiger partial charge in [0, 0.05) is 30.7 Å². The fraction of sp³-hybridized carbons (Fsp3) is 0.208. The van der Waals surface area contributed by atoms with Gasteiger partial charge in [-0.05, 0) is 61.7 Å². The van der Waals surface area contributed by atoms with Crippen LogP contribution in [0.2, 0.25) is 0 Å². The number of amides is 1. The van der Waals surface area contributed by atoms with Gasteiger partial charge in [-0.2, -0.15) is 0 Å². The van der Waals surface area contributed by atoms with Gasteiger partial charge in [0.15, 0.2) is 0 Å². The number of ether oxygens (including phenoxy) is 1. The number of fused-ring (bicyclic) bond motifs is 1. The number of rotatable bonds is 4. The maximum atomic E-state index is 11.8. The first kappa shape index (κ1) is 19.6. The zero-order valence-corrected chi connectivity index (χ0v) is 17.3. The Morgan fingerprint density at radius 1 is 1.00 bits per heavy atom. The number of carbonyl (C=O) groups is 1. The Labute approximate surface area is 175 Å². The van der Waals surface area contributed by atoms with Crippen LogP contribution in [0, 0.1) is 0 Å². The molecule has 3 aromatic heterocycles. The molecule has 6 nitrogen and oxygen atoms in total. The molecule has 152 valence electrons. The van der Waals surface area contributed by atoms with Crippen molar-refractivity contribution in [2.75, 3.05) is 0 Å². The molecule has 0 saturated heterocycles. The molecule has 6 heteroatoms. The Morgan fingerprint density at radius 2 is 1.73 bits per heavy atom. The summed E-state index contributed by atoms with van der Waals surface area (Å²) in [5, 5.41) is 2.78. The van der Waals surface area contributed by atoms with E-state index in [0.717, 1.165) is 33.6 Å². The highest BCUT2D eigenvalue weighted by Crippen LogP contribution is 2.25. The molecule has 0 unspecified atom stereocenters. The standard InChI is InChI=1S/C24H24N4O2/c1-24(2,3)30-23(29)27-15-17-4-6-19(7-5-17)21-16-26-22-14-20(10-13-28(21)22)18-8-11-25-12-9-18/h4-14,16H,15H2,1-3H3,(H,27,29). The summed E-state index contributed by atoms with van der Waals surface area (Å²) in [6, 6.07) is 16.2. The smallest absolute Gasteiger partial charge is 0.407 e. The van der Waals surface area contributed by atoms with Crippen LogP contribution in [0.1, 0.15) is 26.3 Å². The van der Waals surface area contributed by atoms with E-state index in [9.17, 15) is 4.79 Å². The molecule has 1 aromatic carbocycles. The van der Waals surface area contributed by atoms with Crippen molar-refractivity contribution >= 4 is 11.7 Å². The summed E-state index contributed by atoms with van der Waals surface area (Å²) in [5.74, 6) is 0. The van der Waals surface area contributed by atoms with Crippen molar-refractivity contribution in [1.82, 2.24) is 19.7 Å². The topological polar surface area (TPSA) is 68.5 Å². The minimum Gasteiger partial charge on any atom is -0.444 e. The lowest BCUT2D eigenvalue weighted by Gasteiger charge is -2.19. The molecular weight excluding hydrogens is 376 g/mol. The third-order valence-corrected chi connectivity index (χ3v) is 4.61. The first-order valence-corrected chi connectivity index (χ1v) is 9.83. The zero-order valence-electron chi connectivity index (χ0n) is 17.3. The monoisotopic (exact) mass is 400 g/mol. The minimum absolute atomic E-state index is 0.414. The lowest BCUT2D eigenvalue weighted by atomic mass is 10.1. The summed E-state index contributed by atoms with van der Waals surface area (Å²) in [6.07, 6.45) is 7.06. The van der Waals surface area contributed by atoms with Crippen LogP contribution in [0.3, 0.4) is 0 Å². The summed E-state index contributed by atoms with van der Waals surface area (Å²) in [6.45, 7) is 5.95. The van der Waals surface area contributed by atoms with Crippen molar-refractivity contribution in [3.63, 3.8) is 0 Å². The van der Waals surface area contributed by atoms with Crippen LogP contribution in [0.15, 0.2) is 73.3 Å². The van der Waals surface area contributed by atoms with Crippen LogP contribution in [0.5, 0.6) is 0 Å². The SMILES string of the molecule is CC(C)(C)OC(=O)NCc1ccc(-c2cnc3cc(-c4ccncc4)ccn23)cc1. The molecule has 0 fully saturated rings. The van der Waals surface area contributed by atoms with E-state index in [0.29, 0.717) is 6.54 Å². The molecule has 0 aliphatic carbocycles. The first-order valence-electron chi connectivity index (χ1n) is 9.83. The highest BCUT2D eigenvalue weighted by Gasteiger charge is 2.15. The molecule has 4 rings (SSSR count). The van der Waals surface area contributed by atoms with Gasteiger partial charge in [-0.1, -0.05) is 24.3 Å². The van der Waals surface area contributed by atoms with E-state index in [1.807, 2.05) is 69.6 Å². The number of pyridine rings is 2. The van der Waals surface area contributed by atoms with Crippen LogP contribution >= 0.6 is 0 Å². The van der Waals surface area contributed by atoms with Crippen LogP contribution in [0.4, 0.5) is 4.79 Å². The van der Waals surface area contributed by atoms with Gasteiger partial charge in [-0.15, -0.1) is 0 Å². The minimum atomic E-state index is -0.506. The van der Waals surface area contributed by atoms with Gasteiger partial charge in [0.25, 0.3) is 0 Å². The Kier molecular flexibility index (Phi) is 5.23. The van der Waals surface area contributed by atoms with E-state index in [1.54, 1.807) is 12.4 Å². The van der Waals surface area contributed by atoms with E-state index < -0.39 is 11.7 Å². The maximum absolute atomic E-state index is 11.8. The molecule has 0 aliphatic rings. The second-order valence-electron chi connectivity index (χ2n) is 8.08. The lowest BCUT2D eigenvalue weighted by molar-refractivity contribution is 0.0523. The molecule has 0 aliphatic heterocycles. The highest BCUT2D eigenvalue weighted by molar-refractivity contribution is 5.71. The van der Waals surface area contributed by atoms with Gasteiger partial charge in [-0.3, -0.25) is 9.38 Å². The predicted molar refractivity (Wildman–Crippen MR) is 117 cm³/mol. The largest absolute Gasteiger partial charge is 0.444 e. The number of alkyl carbamates (subject to hydrolysis) is 1. The summed E-state index contributed by atoms with van der Waals surface area (Å²) in [5.41, 5.74) is 5.66. The van der Waals surface area contributed by atoms with Crippen molar-refractivity contribution in [3.8, 4) is 22.4 Å². The average molecular weight is 400 g/mol. The normalized spacial score (nSPS) is 11.4. The highest BCUT2D eigenvalue weighted by atomic mass is 16.6. The van der Waals surface area contributed by atoms with Crippen molar-refractivity contribution in [2.45, 2.75) is 32.9 Å². The average Bonchev–Trinajstić information content (AvgIpc) is 3.15. The Morgan fingerprint density at radius 3 is 2.43 bits per heavy atom. The van der Waals surface area contributed by atoms with Crippen LogP contribution in [-0.4, -0.2) is 26.1 Å². The zero-order chi connectivity index (χ0) is 21.1. The summed E-state index contributed by atoms with van der Waals surface area (Å²) in [7, 11) is 0. The number of hydrogen-bond donors (Lipinski definition) is 1. The fourth-order valence-corrected chi connectivity index (χ4v) is 3.20. The van der Waals surface area contributed by atoms with Gasteiger partial charge in [0.1, 0.15) is 11.2 Å². The van der Waals surface area contributed by atoms with E-state index >= 15 is 0 Å². The lowest BCUT2D eigenvalue weighted by Crippen LogP contribution is -2.32. The summed E-state index contributed by atoms with van der Waals surface area (Å²) in [4.78, 5) is 20.5. The molecule has 0 bridgehead atoms. The number of carbonyl (C=O) groups excluding carboxylic acids is 1. The molecule has 0 spiro atoms. The third-order valence-electron chi connectivity index (χ3n) is 4.61.